The van der Waals surface area contributed by atoms with Gasteiger partial charge in [0, 0.05) is 5.25 Å². The predicted molar refractivity (Wildman–Crippen MR) is 68.8 cm³/mol. The number of carbonyl (C=O) groups is 1. The predicted octanol–water partition coefficient (Wildman–Crippen LogP) is 3.74. The van der Waals surface area contributed by atoms with E-state index >= 15 is 0 Å². The van der Waals surface area contributed by atoms with E-state index in [9.17, 15) is 4.79 Å². The van der Waals surface area contributed by atoms with Crippen LogP contribution in [0.25, 0.3) is 0 Å². The van der Waals surface area contributed by atoms with Crippen molar-refractivity contribution in [2.75, 3.05) is 5.75 Å². The number of benzene rings is 1. The third-order valence-electron chi connectivity index (χ3n) is 2.35. The lowest BCUT2D eigenvalue weighted by atomic mass is 10.1. The van der Waals surface area contributed by atoms with E-state index in [1.165, 1.54) is 0 Å². The monoisotopic (exact) mass is 238 g/mol. The van der Waals surface area contributed by atoms with Crippen LogP contribution in [0.15, 0.2) is 30.3 Å². The molecule has 2 nitrogen and oxygen atoms in total. The highest BCUT2D eigenvalue weighted by Gasteiger charge is 2.15. The zero-order valence-electron chi connectivity index (χ0n) is 9.56. The second kappa shape index (κ2) is 7.34. The Bertz CT molecular complexity index is 311. The quantitative estimate of drug-likeness (QED) is 0.735. The maximum atomic E-state index is 10.8. The van der Waals surface area contributed by atoms with Gasteiger partial charge in [0.15, 0.2) is 0 Å². The topological polar surface area (TPSA) is 37.3 Å². The van der Waals surface area contributed by atoms with Crippen LogP contribution in [0.5, 0.6) is 0 Å². The van der Waals surface area contributed by atoms with Crippen LogP contribution in [0.1, 0.15) is 37.0 Å². The SMILES string of the molecule is CCCCSC(CC(=O)O)c1ccccc1. The minimum absolute atomic E-state index is 0.0882. The molecule has 1 aromatic carbocycles. The molecule has 1 unspecified atom stereocenters. The van der Waals surface area contributed by atoms with Crippen molar-refractivity contribution in [2.45, 2.75) is 31.4 Å². The van der Waals surface area contributed by atoms with E-state index in [4.69, 9.17) is 5.11 Å². The van der Waals surface area contributed by atoms with E-state index in [2.05, 4.69) is 6.92 Å². The molecular weight excluding hydrogens is 220 g/mol. The summed E-state index contributed by atoms with van der Waals surface area (Å²) >= 11 is 1.75. The highest BCUT2D eigenvalue weighted by Crippen LogP contribution is 2.32. The first kappa shape index (κ1) is 13.1. The highest BCUT2D eigenvalue weighted by atomic mass is 32.2. The van der Waals surface area contributed by atoms with Crippen molar-refractivity contribution in [2.24, 2.45) is 0 Å². The molecule has 0 fully saturated rings. The molecule has 0 aliphatic rings. The van der Waals surface area contributed by atoms with Crippen LogP contribution in [0.3, 0.4) is 0 Å². The Balaban J connectivity index is 2.60. The molecule has 0 amide bonds. The van der Waals surface area contributed by atoms with Gasteiger partial charge in [-0.1, -0.05) is 43.7 Å². The van der Waals surface area contributed by atoms with Gasteiger partial charge in [-0.2, -0.15) is 11.8 Å². The van der Waals surface area contributed by atoms with Crippen LogP contribution in [0, 0.1) is 0 Å². The summed E-state index contributed by atoms with van der Waals surface area (Å²) in [5.41, 5.74) is 1.12. The average molecular weight is 238 g/mol. The molecule has 3 heteroatoms. The van der Waals surface area contributed by atoms with Gasteiger partial charge in [-0.25, -0.2) is 0 Å². The number of rotatable bonds is 7. The minimum atomic E-state index is -0.724. The largest absolute Gasteiger partial charge is 0.481 e. The van der Waals surface area contributed by atoms with Gasteiger partial charge >= 0.3 is 5.97 Å². The normalized spacial score (nSPS) is 12.3. The summed E-state index contributed by atoms with van der Waals surface area (Å²) in [6.45, 7) is 2.15. The Labute approximate surface area is 101 Å². The molecule has 88 valence electrons. The second-order valence-corrected chi connectivity index (χ2v) is 5.03. The Morgan fingerprint density at radius 1 is 1.38 bits per heavy atom. The van der Waals surface area contributed by atoms with Crippen molar-refractivity contribution in [3.63, 3.8) is 0 Å². The molecule has 0 heterocycles. The summed E-state index contributed by atoms with van der Waals surface area (Å²) in [4.78, 5) is 10.8. The van der Waals surface area contributed by atoms with Gasteiger partial charge in [0.2, 0.25) is 0 Å². The van der Waals surface area contributed by atoms with E-state index in [1.54, 1.807) is 11.8 Å². The molecule has 0 aliphatic carbocycles. The molecule has 16 heavy (non-hydrogen) atoms. The van der Waals surface area contributed by atoms with E-state index in [0.717, 1.165) is 24.2 Å². The first-order chi connectivity index (χ1) is 7.74. The van der Waals surface area contributed by atoms with Crippen molar-refractivity contribution in [3.05, 3.63) is 35.9 Å². The van der Waals surface area contributed by atoms with Crippen molar-refractivity contribution >= 4 is 17.7 Å². The van der Waals surface area contributed by atoms with Gasteiger partial charge < -0.3 is 5.11 Å². The molecule has 1 aromatic rings. The average Bonchev–Trinajstić information content (AvgIpc) is 2.29. The van der Waals surface area contributed by atoms with E-state index in [1.807, 2.05) is 30.3 Å². The molecule has 0 spiro atoms. The minimum Gasteiger partial charge on any atom is -0.481 e. The van der Waals surface area contributed by atoms with Gasteiger partial charge in [0.05, 0.1) is 6.42 Å². The molecule has 0 aromatic heterocycles. The summed E-state index contributed by atoms with van der Waals surface area (Å²) in [6.07, 6.45) is 2.51. The number of carboxylic acids is 1. The van der Waals surface area contributed by atoms with Gasteiger partial charge in [-0.3, -0.25) is 4.79 Å². The van der Waals surface area contributed by atoms with Crippen LogP contribution >= 0.6 is 11.8 Å². The maximum absolute atomic E-state index is 10.8. The molecule has 0 radical (unpaired) electrons. The number of aliphatic carboxylic acids is 1. The van der Waals surface area contributed by atoms with Gasteiger partial charge in [-0.05, 0) is 17.7 Å². The van der Waals surface area contributed by atoms with Crippen LogP contribution in [0.4, 0.5) is 0 Å². The molecule has 1 N–H and O–H groups in total. The number of thioether (sulfide) groups is 1. The Kier molecular flexibility index (Phi) is 6.01. The fourth-order valence-corrected chi connectivity index (χ4v) is 2.82. The lowest BCUT2D eigenvalue weighted by molar-refractivity contribution is -0.137. The van der Waals surface area contributed by atoms with E-state index in [0.29, 0.717) is 0 Å². The standard InChI is InChI=1S/C13H18O2S/c1-2-3-9-16-12(10-13(14)15)11-7-5-4-6-8-11/h4-8,12H,2-3,9-10H2,1H3,(H,14,15). The van der Waals surface area contributed by atoms with Crippen LogP contribution in [-0.4, -0.2) is 16.8 Å². The number of hydrogen-bond donors (Lipinski definition) is 1. The molecule has 0 saturated heterocycles. The first-order valence-electron chi connectivity index (χ1n) is 5.62. The molecule has 0 aliphatic heterocycles. The Morgan fingerprint density at radius 2 is 2.06 bits per heavy atom. The molecule has 0 bridgehead atoms. The fourth-order valence-electron chi connectivity index (χ4n) is 1.47. The number of carboxylic acid groups (broad SMARTS) is 1. The summed E-state index contributed by atoms with van der Waals surface area (Å²) in [6, 6.07) is 9.90. The Morgan fingerprint density at radius 3 is 2.62 bits per heavy atom. The Hall–Kier alpha value is -0.960. The summed E-state index contributed by atoms with van der Waals surface area (Å²) in [5, 5.41) is 8.98. The molecular formula is C13H18O2S. The summed E-state index contributed by atoms with van der Waals surface area (Å²) in [5.74, 6) is 0.307. The molecule has 1 atom stereocenters. The molecule has 1 rings (SSSR count). The lowest BCUT2D eigenvalue weighted by Crippen LogP contribution is -2.04. The van der Waals surface area contributed by atoms with Crippen molar-refractivity contribution in [1.29, 1.82) is 0 Å². The van der Waals surface area contributed by atoms with Crippen molar-refractivity contribution in [3.8, 4) is 0 Å². The van der Waals surface area contributed by atoms with Crippen molar-refractivity contribution in [1.82, 2.24) is 0 Å². The van der Waals surface area contributed by atoms with Crippen LogP contribution in [0.2, 0.25) is 0 Å². The van der Waals surface area contributed by atoms with Gasteiger partial charge in [0.25, 0.3) is 0 Å². The third-order valence-corrected chi connectivity index (χ3v) is 3.71. The summed E-state index contributed by atoms with van der Waals surface area (Å²) < 4.78 is 0. The third kappa shape index (κ3) is 4.71. The maximum Gasteiger partial charge on any atom is 0.304 e. The van der Waals surface area contributed by atoms with E-state index in [-0.39, 0.29) is 11.7 Å². The smallest absolute Gasteiger partial charge is 0.304 e. The fraction of sp³-hybridized carbons (Fsp3) is 0.462. The van der Waals surface area contributed by atoms with Crippen molar-refractivity contribution < 1.29 is 9.90 Å². The van der Waals surface area contributed by atoms with Gasteiger partial charge in [0.1, 0.15) is 0 Å². The number of hydrogen-bond acceptors (Lipinski definition) is 2. The zero-order valence-corrected chi connectivity index (χ0v) is 10.4. The lowest BCUT2D eigenvalue weighted by Gasteiger charge is -2.14. The van der Waals surface area contributed by atoms with Crippen LogP contribution < -0.4 is 0 Å². The van der Waals surface area contributed by atoms with Gasteiger partial charge in [-0.15, -0.1) is 0 Å². The molecule has 0 saturated carbocycles. The zero-order chi connectivity index (χ0) is 11.8. The highest BCUT2D eigenvalue weighted by molar-refractivity contribution is 7.99. The summed E-state index contributed by atoms with van der Waals surface area (Å²) in [7, 11) is 0. The van der Waals surface area contributed by atoms with E-state index < -0.39 is 5.97 Å². The van der Waals surface area contributed by atoms with Crippen LogP contribution in [-0.2, 0) is 4.79 Å². The number of unbranched alkanes of at least 4 members (excludes halogenated alkanes) is 1. The second-order valence-electron chi connectivity index (χ2n) is 3.72. The first-order valence-corrected chi connectivity index (χ1v) is 6.67.